The molecule has 2 unspecified atom stereocenters. The minimum absolute atomic E-state index is 0. The summed E-state index contributed by atoms with van der Waals surface area (Å²) in [7, 11) is 4.93. The van der Waals surface area contributed by atoms with Crippen molar-refractivity contribution in [2.24, 2.45) is 0 Å². The average Bonchev–Trinajstić information content (AvgIpc) is 3.24. The highest BCUT2D eigenvalue weighted by Crippen LogP contribution is 2.18. The van der Waals surface area contributed by atoms with Gasteiger partial charge in [0, 0.05) is 0 Å². The van der Waals surface area contributed by atoms with Gasteiger partial charge in [0.2, 0.25) is 0 Å². The summed E-state index contributed by atoms with van der Waals surface area (Å²) >= 11 is 0. The van der Waals surface area contributed by atoms with Gasteiger partial charge in [-0.15, -0.1) is 0 Å². The van der Waals surface area contributed by atoms with Crippen LogP contribution in [0.5, 0.6) is 0 Å². The van der Waals surface area contributed by atoms with Crippen molar-refractivity contribution in [2.75, 3.05) is 53.4 Å². The van der Waals surface area contributed by atoms with Crippen molar-refractivity contribution in [1.29, 1.82) is 0 Å². The maximum atomic E-state index is 4.03. The predicted octanol–water partition coefficient (Wildman–Crippen LogP) is 13.7. The van der Waals surface area contributed by atoms with E-state index in [9.17, 15) is 0 Å². The van der Waals surface area contributed by atoms with Gasteiger partial charge in [-0.2, -0.15) is 0 Å². The standard InChI is InChI=1S/2C29H60N.2ClH/c2*1-5-8-10-12-14-16-18-20-22-24-26-29-30(4,27-7-3)28-25-23-21-19-17-15-13-11-9-6-2;;/h2*7H,3,5-6,8-29H2,1-2,4H3;2*1H/q2*+1;;/p-2. The Morgan fingerprint density at radius 2 is 0.371 bits per heavy atom. The Labute approximate surface area is 407 Å². The van der Waals surface area contributed by atoms with Gasteiger partial charge < -0.3 is 33.8 Å². The van der Waals surface area contributed by atoms with Gasteiger partial charge in [-0.25, -0.2) is 0 Å². The normalized spacial score (nSPS) is 13.0. The molecule has 4 heteroatoms. The van der Waals surface area contributed by atoms with Crippen molar-refractivity contribution < 1.29 is 33.8 Å². The lowest BCUT2D eigenvalue weighted by Gasteiger charge is -2.34. The molecule has 0 aromatic heterocycles. The molecule has 0 aliphatic carbocycles. The van der Waals surface area contributed by atoms with Crippen LogP contribution < -0.4 is 24.8 Å². The van der Waals surface area contributed by atoms with Crippen molar-refractivity contribution in [3.05, 3.63) is 25.3 Å². The van der Waals surface area contributed by atoms with E-state index in [-0.39, 0.29) is 24.8 Å². The Morgan fingerprint density at radius 1 is 0.242 bits per heavy atom. The summed E-state index contributed by atoms with van der Waals surface area (Å²) in [5.41, 5.74) is 0. The van der Waals surface area contributed by atoms with E-state index in [1.165, 1.54) is 305 Å². The molecule has 0 bridgehead atoms. The minimum atomic E-state index is 0. The lowest BCUT2D eigenvalue weighted by Crippen LogP contribution is -3.00. The highest BCUT2D eigenvalue weighted by Gasteiger charge is 2.19. The zero-order valence-corrected chi connectivity index (χ0v) is 45.7. The van der Waals surface area contributed by atoms with Crippen molar-refractivity contribution in [2.45, 2.75) is 297 Å². The number of nitrogens with zero attached hydrogens (tertiary/aromatic N) is 2. The van der Waals surface area contributed by atoms with E-state index in [1.807, 2.05) is 0 Å². The third-order valence-electron chi connectivity index (χ3n) is 13.8. The third kappa shape index (κ3) is 54.3. The first-order chi connectivity index (χ1) is 29.4. The Bertz CT molecular complexity index is 753. The fourth-order valence-electron chi connectivity index (χ4n) is 9.49. The number of hydrogen-bond acceptors (Lipinski definition) is 0. The maximum Gasteiger partial charge on any atom is 0.0969 e. The molecule has 0 aliphatic rings. The summed E-state index contributed by atoms with van der Waals surface area (Å²) in [6.45, 7) is 25.0. The maximum absolute atomic E-state index is 4.03. The second kappa shape index (κ2) is 57.1. The Balaban J connectivity index is -0.000000526. The van der Waals surface area contributed by atoms with Crippen LogP contribution in [0.3, 0.4) is 0 Å². The molecule has 0 fully saturated rings. The molecule has 0 radical (unpaired) electrons. The SMILES string of the molecule is C=CC[N+](C)(CCCCCCCCCCCC)CCCCCCCCCCCCC.C=CC[N+](C)(CCCCCCCCCCCC)CCCCCCCCCCCCC.[Cl-].[Cl-]. The lowest BCUT2D eigenvalue weighted by molar-refractivity contribution is -0.904. The highest BCUT2D eigenvalue weighted by atomic mass is 35.5. The van der Waals surface area contributed by atoms with Gasteiger partial charge in [0.1, 0.15) is 0 Å². The molecule has 376 valence electrons. The van der Waals surface area contributed by atoms with Gasteiger partial charge in [-0.1, -0.05) is 259 Å². The first kappa shape index (κ1) is 68.6. The number of halogens is 2. The second-order valence-corrected chi connectivity index (χ2v) is 20.5. The van der Waals surface area contributed by atoms with Crippen molar-refractivity contribution in [3.8, 4) is 0 Å². The molecular formula is C58H120Cl2N2. The zero-order valence-electron chi connectivity index (χ0n) is 44.2. The van der Waals surface area contributed by atoms with E-state index in [4.69, 9.17) is 0 Å². The van der Waals surface area contributed by atoms with Crippen LogP contribution in [0, 0.1) is 0 Å². The first-order valence-electron chi connectivity index (χ1n) is 28.3. The molecule has 0 aliphatic heterocycles. The van der Waals surface area contributed by atoms with Crippen molar-refractivity contribution in [3.63, 3.8) is 0 Å². The van der Waals surface area contributed by atoms with Crippen LogP contribution >= 0.6 is 0 Å². The number of quaternary nitrogens is 2. The van der Waals surface area contributed by atoms with E-state index in [2.05, 4.69) is 67.1 Å². The minimum Gasteiger partial charge on any atom is -1.00 e. The van der Waals surface area contributed by atoms with Gasteiger partial charge in [-0.05, 0) is 63.5 Å². The van der Waals surface area contributed by atoms with E-state index < -0.39 is 0 Å². The van der Waals surface area contributed by atoms with Gasteiger partial charge in [0.25, 0.3) is 0 Å². The predicted molar refractivity (Wildman–Crippen MR) is 279 cm³/mol. The monoisotopic (exact) mass is 915 g/mol. The van der Waals surface area contributed by atoms with Crippen LogP contribution in [0.25, 0.3) is 0 Å². The van der Waals surface area contributed by atoms with Gasteiger partial charge in [-0.3, -0.25) is 0 Å². The molecule has 0 rings (SSSR count). The van der Waals surface area contributed by atoms with E-state index >= 15 is 0 Å². The molecule has 0 aromatic carbocycles. The fourth-order valence-corrected chi connectivity index (χ4v) is 9.49. The quantitative estimate of drug-likeness (QED) is 0.0324. The molecule has 0 saturated carbocycles. The third-order valence-corrected chi connectivity index (χ3v) is 13.8. The summed E-state index contributed by atoms with van der Waals surface area (Å²) in [5.74, 6) is 0. The van der Waals surface area contributed by atoms with Crippen molar-refractivity contribution in [1.82, 2.24) is 0 Å². The number of hydrogen-bond donors (Lipinski definition) is 0. The molecule has 0 N–H and O–H groups in total. The molecule has 2 atom stereocenters. The van der Waals surface area contributed by atoms with Gasteiger partial charge >= 0.3 is 0 Å². The Morgan fingerprint density at radius 3 is 0.500 bits per heavy atom. The molecule has 0 heterocycles. The molecule has 2 nitrogen and oxygen atoms in total. The summed E-state index contributed by atoms with van der Waals surface area (Å²) in [6.07, 6.45) is 64.7. The van der Waals surface area contributed by atoms with Crippen LogP contribution in [0.4, 0.5) is 0 Å². The Kier molecular flexibility index (Phi) is 63.2. The summed E-state index contributed by atoms with van der Waals surface area (Å²) < 4.78 is 2.44. The van der Waals surface area contributed by atoms with Crippen molar-refractivity contribution >= 4 is 0 Å². The van der Waals surface area contributed by atoms with E-state index in [0.29, 0.717) is 0 Å². The van der Waals surface area contributed by atoms with Gasteiger partial charge in [0.05, 0.1) is 53.4 Å². The van der Waals surface area contributed by atoms with Crippen LogP contribution in [0.1, 0.15) is 297 Å². The lowest BCUT2D eigenvalue weighted by atomic mass is 10.1. The fraction of sp³-hybridized carbons (Fsp3) is 0.931. The molecule has 0 aromatic rings. The second-order valence-electron chi connectivity index (χ2n) is 20.5. The number of likely N-dealkylation sites (N-methyl/N-ethyl adjacent to an activating group) is 2. The largest absolute Gasteiger partial charge is 1.00 e. The summed E-state index contributed by atoms with van der Waals surface area (Å²) in [4.78, 5) is 0. The summed E-state index contributed by atoms with van der Waals surface area (Å²) in [5, 5.41) is 0. The van der Waals surface area contributed by atoms with Gasteiger partial charge in [0.15, 0.2) is 0 Å². The van der Waals surface area contributed by atoms with E-state index in [0.717, 1.165) is 13.1 Å². The first-order valence-corrected chi connectivity index (χ1v) is 28.3. The molecular weight excluding hydrogens is 796 g/mol. The van der Waals surface area contributed by atoms with Crippen LogP contribution in [-0.4, -0.2) is 62.3 Å². The molecule has 0 spiro atoms. The smallest absolute Gasteiger partial charge is 0.0969 e. The Hall–Kier alpha value is -0.0200. The van der Waals surface area contributed by atoms with Crippen LogP contribution in [0.2, 0.25) is 0 Å². The average molecular weight is 917 g/mol. The molecule has 0 saturated heterocycles. The number of unbranched alkanes of at least 4 members (excludes halogenated alkanes) is 38. The molecule has 0 amide bonds. The summed E-state index contributed by atoms with van der Waals surface area (Å²) in [6, 6.07) is 0. The number of rotatable bonds is 50. The van der Waals surface area contributed by atoms with Crippen LogP contribution in [-0.2, 0) is 0 Å². The topological polar surface area (TPSA) is 0 Å². The highest BCUT2D eigenvalue weighted by molar-refractivity contribution is 4.67. The zero-order chi connectivity index (χ0) is 44.4. The van der Waals surface area contributed by atoms with Crippen LogP contribution in [0.15, 0.2) is 25.3 Å². The molecule has 62 heavy (non-hydrogen) atoms. The van der Waals surface area contributed by atoms with E-state index in [1.54, 1.807) is 0 Å².